The summed E-state index contributed by atoms with van der Waals surface area (Å²) in [5.41, 5.74) is 5.67. The lowest BCUT2D eigenvalue weighted by atomic mass is 10.0. The second kappa shape index (κ2) is 20.2. The molecule has 2 aromatic heterocycles. The zero-order valence-electron chi connectivity index (χ0n) is 29.7. The molecule has 6 N–H and O–H groups in total. The van der Waals surface area contributed by atoms with Crippen molar-refractivity contribution in [1.82, 2.24) is 19.9 Å². The number of alkyl halides is 9. The number of rotatable bonds is 2. The Balaban J connectivity index is 0.000000365. The van der Waals surface area contributed by atoms with E-state index in [1.54, 1.807) is 12.4 Å². The number of carbonyl (C=O) groups is 4. The highest BCUT2D eigenvalue weighted by Crippen LogP contribution is 2.30. The summed E-state index contributed by atoms with van der Waals surface area (Å²) >= 11 is 6.37. The van der Waals surface area contributed by atoms with Gasteiger partial charge in [-0.3, -0.25) is 4.98 Å². The van der Waals surface area contributed by atoms with E-state index in [-0.39, 0.29) is 6.03 Å². The second-order valence-corrected chi connectivity index (χ2v) is 12.1. The minimum Gasteiger partial charge on any atom is -0.475 e. The van der Waals surface area contributed by atoms with Gasteiger partial charge >= 0.3 is 42.5 Å². The van der Waals surface area contributed by atoms with Crippen LogP contribution in [0.5, 0.6) is 0 Å². The number of piperazine rings is 1. The number of hydrogen-bond acceptors (Lipinski definition) is 10. The van der Waals surface area contributed by atoms with Crippen LogP contribution in [0.4, 0.5) is 78.8 Å². The number of halogens is 10. The van der Waals surface area contributed by atoms with E-state index in [1.165, 1.54) is 5.69 Å². The largest absolute Gasteiger partial charge is 0.490 e. The molecule has 0 saturated carbocycles. The van der Waals surface area contributed by atoms with Crippen LogP contribution >= 0.6 is 11.6 Å². The lowest BCUT2D eigenvalue weighted by molar-refractivity contribution is -0.193. The highest BCUT2D eigenvalue weighted by molar-refractivity contribution is 6.32. The van der Waals surface area contributed by atoms with Crippen molar-refractivity contribution in [3.05, 3.63) is 89.3 Å². The molecule has 0 radical (unpaired) electrons. The first-order valence-corrected chi connectivity index (χ1v) is 16.7. The standard InChI is InChI=1S/C28H27ClN8O.3C2HF3O2/c29-24-18-31-27-33-22-14-19(16-30-17-22)6-7-20-15-21(32-26(24)35-27)8-9-25(20)34-28(38)37-12-10-36(11-13-37)23-4-2-1-3-5-23;3*3-2(4,5)1(6)7/h1-5,8-9,14-18H,6-7,10-13H2,(H,34,38)(H2,31,32,33,35);3*(H,6,7). The van der Waals surface area contributed by atoms with Gasteiger partial charge in [0.05, 0.1) is 18.1 Å². The van der Waals surface area contributed by atoms with E-state index >= 15 is 0 Å². The quantitative estimate of drug-likeness (QED) is 0.109. The van der Waals surface area contributed by atoms with Gasteiger partial charge < -0.3 is 41.1 Å². The predicted molar refractivity (Wildman–Crippen MR) is 192 cm³/mol. The third-order valence-corrected chi connectivity index (χ3v) is 7.78. The van der Waals surface area contributed by atoms with Crippen LogP contribution in [0.2, 0.25) is 5.02 Å². The van der Waals surface area contributed by atoms with Crippen molar-refractivity contribution in [2.24, 2.45) is 0 Å². The molecule has 25 heteroatoms. The smallest absolute Gasteiger partial charge is 0.475 e. The van der Waals surface area contributed by atoms with Crippen LogP contribution in [-0.2, 0) is 27.2 Å². The average molecular weight is 869 g/mol. The summed E-state index contributed by atoms with van der Waals surface area (Å²) in [6.07, 6.45) is -8.63. The summed E-state index contributed by atoms with van der Waals surface area (Å²) in [5, 5.41) is 31.4. The van der Waals surface area contributed by atoms with Gasteiger partial charge in [0, 0.05) is 49.4 Å². The molecule has 0 unspecified atom stereocenters. The first-order chi connectivity index (χ1) is 27.4. The Kier molecular flexibility index (Phi) is 16.0. The van der Waals surface area contributed by atoms with E-state index in [0.717, 1.165) is 54.1 Å². The first-order valence-electron chi connectivity index (χ1n) is 16.3. The van der Waals surface area contributed by atoms with Gasteiger partial charge in [-0.15, -0.1) is 0 Å². The summed E-state index contributed by atoms with van der Waals surface area (Å²) in [4.78, 5) is 57.3. The Morgan fingerprint density at radius 3 is 1.80 bits per heavy atom. The van der Waals surface area contributed by atoms with Gasteiger partial charge in [-0.2, -0.15) is 44.5 Å². The number of benzene rings is 2. The molecule has 0 spiro atoms. The molecule has 1 fully saturated rings. The Morgan fingerprint density at radius 1 is 0.695 bits per heavy atom. The van der Waals surface area contributed by atoms with E-state index in [4.69, 9.17) is 41.3 Å². The number of carbonyl (C=O) groups excluding carboxylic acids is 1. The van der Waals surface area contributed by atoms with Gasteiger partial charge in [0.1, 0.15) is 5.02 Å². The number of hydrogen-bond donors (Lipinski definition) is 6. The molecule has 59 heavy (non-hydrogen) atoms. The number of carboxylic acids is 3. The molecule has 2 aliphatic heterocycles. The first kappa shape index (κ1) is 46.8. The Hall–Kier alpha value is -6.59. The fourth-order valence-corrected chi connectivity index (χ4v) is 4.89. The summed E-state index contributed by atoms with van der Waals surface area (Å²) in [5.74, 6) is -7.36. The van der Waals surface area contributed by atoms with Gasteiger partial charge in [0.25, 0.3) is 0 Å². The van der Waals surface area contributed by atoms with E-state index < -0.39 is 36.4 Å². The Bertz CT molecular complexity index is 2030. The maximum absolute atomic E-state index is 13.2. The molecule has 2 aromatic carbocycles. The fraction of sp³-hybridized carbons (Fsp3) is 0.265. The van der Waals surface area contributed by atoms with Gasteiger partial charge in [0.15, 0.2) is 5.82 Å². The van der Waals surface area contributed by atoms with Gasteiger partial charge in [-0.25, -0.2) is 24.2 Å². The van der Waals surface area contributed by atoms with Crippen LogP contribution in [-0.4, -0.2) is 104 Å². The second-order valence-electron chi connectivity index (χ2n) is 11.7. The van der Waals surface area contributed by atoms with E-state index in [9.17, 15) is 44.3 Å². The van der Waals surface area contributed by atoms with Gasteiger partial charge in [0.2, 0.25) is 5.95 Å². The van der Waals surface area contributed by atoms with Crippen molar-refractivity contribution in [2.75, 3.05) is 47.0 Å². The number of nitrogens with one attached hydrogen (secondary N) is 3. The molecule has 0 aliphatic carbocycles. The lowest BCUT2D eigenvalue weighted by Crippen LogP contribution is -2.50. The molecule has 15 nitrogen and oxygen atoms in total. The van der Waals surface area contributed by atoms with Crippen molar-refractivity contribution < 1.29 is 74.0 Å². The molecule has 318 valence electrons. The third kappa shape index (κ3) is 15.4. The normalized spacial score (nSPS) is 13.5. The summed E-state index contributed by atoms with van der Waals surface area (Å²) in [6, 6.07) is 18.1. The van der Waals surface area contributed by atoms with Crippen LogP contribution in [0.1, 0.15) is 11.1 Å². The third-order valence-electron chi connectivity index (χ3n) is 7.50. The summed E-state index contributed by atoms with van der Waals surface area (Å²) in [6.45, 7) is 2.92. The number of carboxylic acid groups (broad SMARTS) is 3. The van der Waals surface area contributed by atoms with Crippen molar-refractivity contribution in [2.45, 2.75) is 31.4 Å². The Labute approximate surface area is 331 Å². The van der Waals surface area contributed by atoms with Crippen LogP contribution < -0.4 is 20.9 Å². The summed E-state index contributed by atoms with van der Waals surface area (Å²) < 4.78 is 95.2. The van der Waals surface area contributed by atoms with E-state index in [2.05, 4.69) is 47.9 Å². The maximum atomic E-state index is 13.2. The highest BCUT2D eigenvalue weighted by atomic mass is 35.5. The molecule has 4 aromatic rings. The van der Waals surface area contributed by atoms with E-state index in [1.807, 2.05) is 53.6 Å². The maximum Gasteiger partial charge on any atom is 0.490 e. The number of pyridine rings is 1. The topological polar surface area (TPSA) is 210 Å². The van der Waals surface area contributed by atoms with Crippen molar-refractivity contribution in [3.63, 3.8) is 0 Å². The number of amides is 2. The van der Waals surface area contributed by atoms with Crippen LogP contribution in [0.15, 0.2) is 73.2 Å². The van der Waals surface area contributed by atoms with Crippen molar-refractivity contribution in [1.29, 1.82) is 0 Å². The molecular formula is C34H30ClF9N8O7. The SMILES string of the molecule is O=C(Nc1ccc2cc1CCc1cncc(c1)Nc1ncc(Cl)c(n1)N2)N1CCN(c2ccccc2)CC1.O=C(O)C(F)(F)F.O=C(O)C(F)(F)F.O=C(O)C(F)(F)F. The van der Waals surface area contributed by atoms with Crippen molar-refractivity contribution in [3.8, 4) is 0 Å². The van der Waals surface area contributed by atoms with Crippen LogP contribution in [0, 0.1) is 0 Å². The number of urea groups is 1. The number of nitrogens with zero attached hydrogens (tertiary/aromatic N) is 5. The van der Waals surface area contributed by atoms with Crippen LogP contribution in [0.25, 0.3) is 0 Å². The van der Waals surface area contributed by atoms with E-state index in [0.29, 0.717) is 29.9 Å². The predicted octanol–water partition coefficient (Wildman–Crippen LogP) is 7.36. The molecule has 2 amide bonds. The molecule has 2 aliphatic rings. The minimum absolute atomic E-state index is 0.0889. The lowest BCUT2D eigenvalue weighted by Gasteiger charge is -2.36. The Morgan fingerprint density at radius 2 is 1.25 bits per heavy atom. The van der Waals surface area contributed by atoms with Gasteiger partial charge in [-0.1, -0.05) is 29.8 Å². The molecule has 6 bridgehead atoms. The average Bonchev–Trinajstić information content (AvgIpc) is 3.16. The molecular weight excluding hydrogens is 839 g/mol. The number of aliphatic carboxylic acids is 3. The molecule has 1 saturated heterocycles. The minimum atomic E-state index is -5.08. The van der Waals surface area contributed by atoms with Gasteiger partial charge in [-0.05, 0) is 60.4 Å². The number of aromatic nitrogens is 3. The number of para-hydroxylation sites is 1. The summed E-state index contributed by atoms with van der Waals surface area (Å²) in [7, 11) is 0. The highest BCUT2D eigenvalue weighted by Gasteiger charge is 2.39. The number of anilines is 6. The zero-order chi connectivity index (χ0) is 44.1. The monoisotopic (exact) mass is 868 g/mol. The van der Waals surface area contributed by atoms with Crippen molar-refractivity contribution >= 4 is 70.1 Å². The zero-order valence-corrected chi connectivity index (χ0v) is 30.4. The molecule has 6 rings (SSSR count). The molecule has 4 heterocycles. The number of fused-ring (bicyclic) bond motifs is 6. The van der Waals surface area contributed by atoms with Crippen LogP contribution in [0.3, 0.4) is 0 Å². The number of aryl methyl sites for hydroxylation is 2. The fourth-order valence-electron chi connectivity index (χ4n) is 4.75. The molecule has 0 atom stereocenters.